The average molecular weight is 373 g/mol. The fourth-order valence-corrected chi connectivity index (χ4v) is 2.35. The minimum atomic E-state index is -0.506. The van der Waals surface area contributed by atoms with Gasteiger partial charge in [-0.2, -0.15) is 0 Å². The molecule has 0 bridgehead atoms. The van der Waals surface area contributed by atoms with Crippen LogP contribution >= 0.6 is 27.5 Å². The fourth-order valence-electron chi connectivity index (χ4n) is 1.97. The molecule has 2 aromatic carbocycles. The molecule has 0 saturated heterocycles. The predicted octanol–water partition coefficient (Wildman–Crippen LogP) is 5.10. The van der Waals surface area contributed by atoms with Crippen LogP contribution < -0.4 is 10.5 Å². The summed E-state index contributed by atoms with van der Waals surface area (Å²) in [5, 5.41) is 0.0716. The summed E-state index contributed by atoms with van der Waals surface area (Å²) in [6.45, 7) is 1.99. The zero-order valence-electron chi connectivity index (χ0n) is 11.5. The maximum absolute atomic E-state index is 13.5. The summed E-state index contributed by atoms with van der Waals surface area (Å²) in [5.74, 6) is -0.0949. The Labute approximate surface area is 137 Å². The van der Waals surface area contributed by atoms with E-state index in [0.29, 0.717) is 5.75 Å². The lowest BCUT2D eigenvalue weighted by Gasteiger charge is -2.25. The van der Waals surface area contributed by atoms with Crippen LogP contribution in [0.1, 0.15) is 25.0 Å². The lowest BCUT2D eigenvalue weighted by atomic mass is 10.0. The van der Waals surface area contributed by atoms with Gasteiger partial charge in [-0.3, -0.25) is 0 Å². The van der Waals surface area contributed by atoms with Gasteiger partial charge >= 0.3 is 0 Å². The van der Waals surface area contributed by atoms with Gasteiger partial charge in [-0.15, -0.1) is 0 Å². The van der Waals surface area contributed by atoms with Gasteiger partial charge in [-0.1, -0.05) is 46.6 Å². The Morgan fingerprint density at radius 3 is 2.48 bits per heavy atom. The first-order chi connectivity index (χ1) is 10.0. The van der Waals surface area contributed by atoms with Crippen LogP contribution in [0.2, 0.25) is 5.02 Å². The third-order valence-corrected chi connectivity index (χ3v) is 4.05. The van der Waals surface area contributed by atoms with Crippen LogP contribution in [0.15, 0.2) is 46.9 Å². The number of ether oxygens (including phenoxy) is 1. The zero-order chi connectivity index (χ0) is 15.4. The molecule has 0 aromatic heterocycles. The number of nitrogens with two attached hydrogens (primary N) is 1. The molecule has 2 unspecified atom stereocenters. The Kier molecular flexibility index (Phi) is 5.62. The second kappa shape index (κ2) is 7.25. The second-order valence-electron chi connectivity index (χ2n) is 4.74. The first-order valence-corrected chi connectivity index (χ1v) is 7.81. The Bertz CT molecular complexity index is 606. The molecule has 2 N–H and O–H groups in total. The third kappa shape index (κ3) is 4.19. The van der Waals surface area contributed by atoms with E-state index in [2.05, 4.69) is 15.9 Å². The summed E-state index contributed by atoms with van der Waals surface area (Å²) in [5.41, 5.74) is 7.09. The van der Waals surface area contributed by atoms with Crippen molar-refractivity contribution in [3.05, 3.63) is 63.3 Å². The first kappa shape index (κ1) is 16.3. The van der Waals surface area contributed by atoms with E-state index in [9.17, 15) is 4.39 Å². The molecule has 21 heavy (non-hydrogen) atoms. The van der Waals surface area contributed by atoms with E-state index in [0.717, 1.165) is 16.5 Å². The third-order valence-electron chi connectivity index (χ3n) is 3.21. The number of halogens is 3. The molecule has 0 spiro atoms. The summed E-state index contributed by atoms with van der Waals surface area (Å²) in [6.07, 6.45) is 0.403. The second-order valence-corrected chi connectivity index (χ2v) is 6.06. The summed E-state index contributed by atoms with van der Waals surface area (Å²) in [7, 11) is 0. The Morgan fingerprint density at radius 1 is 1.24 bits per heavy atom. The molecular weight excluding hydrogens is 357 g/mol. The van der Waals surface area contributed by atoms with Crippen LogP contribution in [0, 0.1) is 5.82 Å². The van der Waals surface area contributed by atoms with Gasteiger partial charge in [0.2, 0.25) is 0 Å². The van der Waals surface area contributed by atoms with Gasteiger partial charge in [-0.25, -0.2) is 4.39 Å². The van der Waals surface area contributed by atoms with Gasteiger partial charge in [0.25, 0.3) is 0 Å². The largest absolute Gasteiger partial charge is 0.484 e. The van der Waals surface area contributed by atoms with E-state index in [1.54, 1.807) is 6.07 Å². The molecule has 2 rings (SSSR count). The van der Waals surface area contributed by atoms with Crippen molar-refractivity contribution in [2.45, 2.75) is 25.5 Å². The topological polar surface area (TPSA) is 35.2 Å². The summed E-state index contributed by atoms with van der Waals surface area (Å²) in [6, 6.07) is 11.9. The van der Waals surface area contributed by atoms with Crippen LogP contribution in [-0.2, 0) is 0 Å². The molecule has 0 amide bonds. The van der Waals surface area contributed by atoms with E-state index >= 15 is 0 Å². The minimum Gasteiger partial charge on any atom is -0.484 e. The van der Waals surface area contributed by atoms with Gasteiger partial charge in [0, 0.05) is 16.6 Å². The fraction of sp³-hybridized carbons (Fsp3) is 0.250. The highest BCUT2D eigenvalue weighted by atomic mass is 79.9. The lowest BCUT2D eigenvalue weighted by molar-refractivity contribution is 0.170. The minimum absolute atomic E-state index is 0.0716. The predicted molar refractivity (Wildman–Crippen MR) is 87.2 cm³/mol. The van der Waals surface area contributed by atoms with Crippen molar-refractivity contribution in [1.82, 2.24) is 0 Å². The van der Waals surface area contributed by atoms with E-state index in [-0.39, 0.29) is 17.2 Å². The van der Waals surface area contributed by atoms with Crippen molar-refractivity contribution >= 4 is 27.5 Å². The number of hydrogen-bond donors (Lipinski definition) is 1. The van der Waals surface area contributed by atoms with Crippen LogP contribution in [0.4, 0.5) is 4.39 Å². The molecule has 2 aromatic rings. The summed E-state index contributed by atoms with van der Waals surface area (Å²) >= 11 is 9.08. The molecular formula is C16H16BrClFNO. The van der Waals surface area contributed by atoms with E-state index in [4.69, 9.17) is 22.1 Å². The monoisotopic (exact) mass is 371 g/mol. The Hall–Kier alpha value is -1.10. The lowest BCUT2D eigenvalue weighted by Crippen LogP contribution is -2.31. The van der Waals surface area contributed by atoms with Crippen molar-refractivity contribution in [3.8, 4) is 5.75 Å². The molecule has 0 radical (unpaired) electrons. The highest BCUT2D eigenvalue weighted by Crippen LogP contribution is 2.28. The van der Waals surface area contributed by atoms with Crippen molar-refractivity contribution in [1.29, 1.82) is 0 Å². The van der Waals surface area contributed by atoms with Crippen molar-refractivity contribution in [2.24, 2.45) is 5.73 Å². The maximum atomic E-state index is 13.5. The van der Waals surface area contributed by atoms with E-state index in [1.165, 1.54) is 12.1 Å². The quantitative estimate of drug-likeness (QED) is 0.792. The van der Waals surface area contributed by atoms with Gasteiger partial charge in [0.05, 0.1) is 5.02 Å². The normalized spacial score (nSPS) is 13.8. The Morgan fingerprint density at radius 2 is 1.90 bits per heavy atom. The van der Waals surface area contributed by atoms with E-state index in [1.807, 2.05) is 31.2 Å². The number of hydrogen-bond acceptors (Lipinski definition) is 2. The molecule has 112 valence electrons. The first-order valence-electron chi connectivity index (χ1n) is 6.64. The van der Waals surface area contributed by atoms with Gasteiger partial charge in [0.1, 0.15) is 17.7 Å². The van der Waals surface area contributed by atoms with Crippen molar-refractivity contribution in [3.63, 3.8) is 0 Å². The average Bonchev–Trinajstić information content (AvgIpc) is 2.48. The highest BCUT2D eigenvalue weighted by Gasteiger charge is 2.21. The van der Waals surface area contributed by atoms with Crippen molar-refractivity contribution < 1.29 is 9.13 Å². The maximum Gasteiger partial charge on any atom is 0.145 e. The molecule has 0 aliphatic carbocycles. The van der Waals surface area contributed by atoms with Crippen LogP contribution in [0.25, 0.3) is 0 Å². The molecule has 0 saturated carbocycles. The highest BCUT2D eigenvalue weighted by molar-refractivity contribution is 9.10. The summed E-state index contributed by atoms with van der Waals surface area (Å²) in [4.78, 5) is 0. The molecule has 0 fully saturated rings. The van der Waals surface area contributed by atoms with Crippen molar-refractivity contribution in [2.75, 3.05) is 0 Å². The standard InChI is InChI=1S/C16H16BrClFNO/c1-2-15(20)16(10-3-5-11(17)6-4-10)21-12-7-8-13(18)14(19)9-12/h3-9,15-16H,2,20H2,1H3. The summed E-state index contributed by atoms with van der Waals surface area (Å²) < 4.78 is 20.4. The SMILES string of the molecule is CCC(N)C(Oc1ccc(Cl)c(F)c1)c1ccc(Br)cc1. The molecule has 0 heterocycles. The molecule has 2 atom stereocenters. The van der Waals surface area contributed by atoms with Crippen LogP contribution in [-0.4, -0.2) is 6.04 Å². The van der Waals surface area contributed by atoms with Gasteiger partial charge in [-0.05, 0) is 36.2 Å². The molecule has 0 aliphatic rings. The van der Waals surface area contributed by atoms with Crippen LogP contribution in [0.3, 0.4) is 0 Å². The molecule has 2 nitrogen and oxygen atoms in total. The molecule has 0 aliphatic heterocycles. The number of benzene rings is 2. The molecule has 5 heteroatoms. The Balaban J connectivity index is 2.28. The van der Waals surface area contributed by atoms with Gasteiger partial charge in [0.15, 0.2) is 0 Å². The van der Waals surface area contributed by atoms with Gasteiger partial charge < -0.3 is 10.5 Å². The van der Waals surface area contributed by atoms with Crippen LogP contribution in [0.5, 0.6) is 5.75 Å². The van der Waals surface area contributed by atoms with E-state index < -0.39 is 5.82 Å². The smallest absolute Gasteiger partial charge is 0.145 e. The zero-order valence-corrected chi connectivity index (χ0v) is 13.9. The number of rotatable bonds is 5.